The Bertz CT molecular complexity index is 140. The van der Waals surface area contributed by atoms with E-state index in [2.05, 4.69) is 33.0 Å². The minimum atomic E-state index is 0.275. The largest absolute Gasteiger partial charge is 0.309 e. The fraction of sp³-hybridized carbons (Fsp3) is 1.00. The molecule has 0 amide bonds. The average molecular weight is 183 g/mol. The molecule has 1 atom stereocenters. The molecule has 0 aliphatic heterocycles. The standard InChI is InChI=1S/C12H25N/c1-10(13-12(2,3)4)11-8-6-5-7-9-11/h10-11,13H,5-9H2,1-4H3/t10-/m1/s1. The quantitative estimate of drug-likeness (QED) is 0.692. The van der Waals surface area contributed by atoms with E-state index in [4.69, 9.17) is 0 Å². The van der Waals surface area contributed by atoms with E-state index in [1.807, 2.05) is 0 Å². The molecule has 1 N–H and O–H groups in total. The van der Waals surface area contributed by atoms with Crippen molar-refractivity contribution in [3.05, 3.63) is 0 Å². The van der Waals surface area contributed by atoms with Crippen molar-refractivity contribution in [1.82, 2.24) is 5.32 Å². The highest BCUT2D eigenvalue weighted by Gasteiger charge is 2.23. The average Bonchev–Trinajstić information content (AvgIpc) is 2.03. The van der Waals surface area contributed by atoms with Gasteiger partial charge in [0.15, 0.2) is 0 Å². The molecule has 13 heavy (non-hydrogen) atoms. The van der Waals surface area contributed by atoms with Crippen LogP contribution in [0.5, 0.6) is 0 Å². The van der Waals surface area contributed by atoms with Crippen LogP contribution in [0.1, 0.15) is 59.8 Å². The Morgan fingerprint density at radius 3 is 2.08 bits per heavy atom. The highest BCUT2D eigenvalue weighted by atomic mass is 15.0. The Morgan fingerprint density at radius 1 is 1.08 bits per heavy atom. The first kappa shape index (κ1) is 11.0. The summed E-state index contributed by atoms with van der Waals surface area (Å²) in [6.07, 6.45) is 7.22. The van der Waals surface area contributed by atoms with Gasteiger partial charge in [-0.3, -0.25) is 0 Å². The number of hydrogen-bond acceptors (Lipinski definition) is 1. The molecular weight excluding hydrogens is 158 g/mol. The molecule has 0 radical (unpaired) electrons. The Hall–Kier alpha value is -0.0400. The van der Waals surface area contributed by atoms with Crippen molar-refractivity contribution in [2.75, 3.05) is 0 Å². The molecule has 1 saturated carbocycles. The van der Waals surface area contributed by atoms with E-state index in [-0.39, 0.29) is 5.54 Å². The van der Waals surface area contributed by atoms with Gasteiger partial charge in [-0.05, 0) is 46.5 Å². The normalized spacial score (nSPS) is 23.1. The maximum Gasteiger partial charge on any atom is 0.00990 e. The molecular formula is C12H25N. The highest BCUT2D eigenvalue weighted by molar-refractivity contribution is 4.81. The fourth-order valence-corrected chi connectivity index (χ4v) is 2.44. The summed E-state index contributed by atoms with van der Waals surface area (Å²) < 4.78 is 0. The van der Waals surface area contributed by atoms with Gasteiger partial charge in [0.05, 0.1) is 0 Å². The predicted octanol–water partition coefficient (Wildman–Crippen LogP) is 3.34. The Labute approximate surface area is 83.3 Å². The summed E-state index contributed by atoms with van der Waals surface area (Å²) in [5.41, 5.74) is 0.275. The van der Waals surface area contributed by atoms with Gasteiger partial charge < -0.3 is 5.32 Å². The van der Waals surface area contributed by atoms with E-state index in [9.17, 15) is 0 Å². The molecule has 0 unspecified atom stereocenters. The van der Waals surface area contributed by atoms with Crippen molar-refractivity contribution in [2.24, 2.45) is 5.92 Å². The zero-order valence-electron chi connectivity index (χ0n) is 9.69. The molecule has 0 saturated heterocycles. The smallest absolute Gasteiger partial charge is 0.00990 e. The molecule has 1 aliphatic carbocycles. The Kier molecular flexibility index (Phi) is 3.78. The van der Waals surface area contributed by atoms with Crippen LogP contribution in [0.25, 0.3) is 0 Å². The van der Waals surface area contributed by atoms with E-state index in [1.54, 1.807) is 0 Å². The predicted molar refractivity (Wildman–Crippen MR) is 58.9 cm³/mol. The third kappa shape index (κ3) is 4.12. The lowest BCUT2D eigenvalue weighted by Crippen LogP contribution is -2.46. The van der Waals surface area contributed by atoms with Gasteiger partial charge in [-0.1, -0.05) is 19.3 Å². The van der Waals surface area contributed by atoms with Crippen LogP contribution in [0.3, 0.4) is 0 Å². The Morgan fingerprint density at radius 2 is 1.62 bits per heavy atom. The van der Waals surface area contributed by atoms with Crippen LogP contribution >= 0.6 is 0 Å². The third-order valence-electron chi connectivity index (χ3n) is 3.02. The summed E-state index contributed by atoms with van der Waals surface area (Å²) in [5.74, 6) is 0.924. The molecule has 0 spiro atoms. The monoisotopic (exact) mass is 183 g/mol. The number of hydrogen-bond donors (Lipinski definition) is 1. The minimum Gasteiger partial charge on any atom is -0.309 e. The summed E-state index contributed by atoms with van der Waals surface area (Å²) >= 11 is 0. The van der Waals surface area contributed by atoms with Gasteiger partial charge in [0, 0.05) is 11.6 Å². The molecule has 1 aliphatic rings. The van der Waals surface area contributed by atoms with Crippen LogP contribution in [0.2, 0.25) is 0 Å². The number of rotatable bonds is 2. The summed E-state index contributed by atoms with van der Waals surface area (Å²) in [4.78, 5) is 0. The topological polar surface area (TPSA) is 12.0 Å². The summed E-state index contributed by atoms with van der Waals surface area (Å²) in [6, 6.07) is 0.695. The van der Waals surface area contributed by atoms with Gasteiger partial charge in [-0.25, -0.2) is 0 Å². The van der Waals surface area contributed by atoms with Crippen LogP contribution in [-0.4, -0.2) is 11.6 Å². The molecule has 78 valence electrons. The molecule has 1 nitrogen and oxygen atoms in total. The molecule has 1 rings (SSSR count). The van der Waals surface area contributed by atoms with Gasteiger partial charge in [0.2, 0.25) is 0 Å². The van der Waals surface area contributed by atoms with E-state index in [1.165, 1.54) is 32.1 Å². The molecule has 0 aromatic rings. The lowest BCUT2D eigenvalue weighted by molar-refractivity contribution is 0.241. The molecule has 0 aromatic heterocycles. The van der Waals surface area contributed by atoms with Crippen LogP contribution in [0.4, 0.5) is 0 Å². The van der Waals surface area contributed by atoms with Crippen LogP contribution in [0.15, 0.2) is 0 Å². The Balaban J connectivity index is 2.33. The zero-order valence-corrected chi connectivity index (χ0v) is 9.69. The van der Waals surface area contributed by atoms with Gasteiger partial charge in [-0.2, -0.15) is 0 Å². The lowest BCUT2D eigenvalue weighted by Gasteiger charge is -2.33. The lowest BCUT2D eigenvalue weighted by atomic mass is 9.84. The van der Waals surface area contributed by atoms with E-state index >= 15 is 0 Å². The summed E-state index contributed by atoms with van der Waals surface area (Å²) in [7, 11) is 0. The zero-order chi connectivity index (χ0) is 9.90. The van der Waals surface area contributed by atoms with E-state index in [0.717, 1.165) is 5.92 Å². The van der Waals surface area contributed by atoms with E-state index in [0.29, 0.717) is 6.04 Å². The number of nitrogens with one attached hydrogen (secondary N) is 1. The highest BCUT2D eigenvalue weighted by Crippen LogP contribution is 2.27. The van der Waals surface area contributed by atoms with Gasteiger partial charge in [-0.15, -0.1) is 0 Å². The molecule has 0 heterocycles. The minimum absolute atomic E-state index is 0.275. The SMILES string of the molecule is C[C@@H](NC(C)(C)C)C1CCCCC1. The van der Waals surface area contributed by atoms with Crippen molar-refractivity contribution in [1.29, 1.82) is 0 Å². The second-order valence-corrected chi connectivity index (χ2v) is 5.58. The van der Waals surface area contributed by atoms with Gasteiger partial charge in [0.25, 0.3) is 0 Å². The first-order valence-electron chi connectivity index (χ1n) is 5.77. The first-order chi connectivity index (χ1) is 5.99. The molecule has 1 heteroatoms. The van der Waals surface area contributed by atoms with Gasteiger partial charge in [0.1, 0.15) is 0 Å². The van der Waals surface area contributed by atoms with Crippen LogP contribution in [-0.2, 0) is 0 Å². The second kappa shape index (κ2) is 4.45. The molecule has 1 fully saturated rings. The molecule has 0 bridgehead atoms. The fourth-order valence-electron chi connectivity index (χ4n) is 2.44. The maximum absolute atomic E-state index is 3.69. The van der Waals surface area contributed by atoms with Crippen molar-refractivity contribution >= 4 is 0 Å². The van der Waals surface area contributed by atoms with Crippen molar-refractivity contribution < 1.29 is 0 Å². The second-order valence-electron chi connectivity index (χ2n) is 5.58. The maximum atomic E-state index is 3.69. The van der Waals surface area contributed by atoms with Crippen LogP contribution in [0, 0.1) is 5.92 Å². The van der Waals surface area contributed by atoms with Crippen molar-refractivity contribution in [3.63, 3.8) is 0 Å². The molecule has 0 aromatic carbocycles. The summed E-state index contributed by atoms with van der Waals surface area (Å²) in [6.45, 7) is 9.12. The van der Waals surface area contributed by atoms with Gasteiger partial charge >= 0.3 is 0 Å². The van der Waals surface area contributed by atoms with Crippen molar-refractivity contribution in [2.45, 2.75) is 71.4 Å². The third-order valence-corrected chi connectivity index (χ3v) is 3.02. The first-order valence-corrected chi connectivity index (χ1v) is 5.77. The summed E-state index contributed by atoms with van der Waals surface area (Å²) in [5, 5.41) is 3.69. The van der Waals surface area contributed by atoms with E-state index < -0.39 is 0 Å². The van der Waals surface area contributed by atoms with Crippen LogP contribution < -0.4 is 5.32 Å². The van der Waals surface area contributed by atoms with Crippen molar-refractivity contribution in [3.8, 4) is 0 Å².